The summed E-state index contributed by atoms with van der Waals surface area (Å²) in [6, 6.07) is 0. The highest BCUT2D eigenvalue weighted by Gasteiger charge is 2.17. The number of amides is 1. The third kappa shape index (κ3) is 4.42. The van der Waals surface area contributed by atoms with E-state index in [1.54, 1.807) is 0 Å². The number of carbonyl (C=O) groups excluding carboxylic acids is 1. The van der Waals surface area contributed by atoms with Crippen LogP contribution in [0.2, 0.25) is 0 Å². The maximum absolute atomic E-state index is 11.9. The number of nitrogens with one attached hydrogen (secondary N) is 2. The van der Waals surface area contributed by atoms with E-state index >= 15 is 0 Å². The van der Waals surface area contributed by atoms with Crippen molar-refractivity contribution in [3.8, 4) is 0 Å². The van der Waals surface area contributed by atoms with Crippen molar-refractivity contribution in [3.63, 3.8) is 0 Å². The normalized spacial score (nSPS) is 17.1. The van der Waals surface area contributed by atoms with E-state index in [0.29, 0.717) is 10.1 Å². The fraction of sp³-hybridized carbons (Fsp3) is 0.769. The van der Waals surface area contributed by atoms with Gasteiger partial charge in [-0.25, -0.2) is 0 Å². The van der Waals surface area contributed by atoms with Gasteiger partial charge in [-0.2, -0.15) is 0 Å². The molecule has 1 aromatic rings. The van der Waals surface area contributed by atoms with Crippen molar-refractivity contribution in [3.05, 3.63) is 5.01 Å². The van der Waals surface area contributed by atoms with E-state index in [1.807, 2.05) is 6.92 Å². The first-order valence-corrected chi connectivity index (χ1v) is 8.04. The van der Waals surface area contributed by atoms with Gasteiger partial charge in [-0.3, -0.25) is 4.79 Å². The number of hydrogen-bond donors (Lipinski definition) is 2. The van der Waals surface area contributed by atoms with Gasteiger partial charge in [0.05, 0.1) is 0 Å². The average Bonchev–Trinajstić information content (AvgIpc) is 2.90. The molecule has 0 radical (unpaired) electrons. The predicted octanol–water partition coefficient (Wildman–Crippen LogP) is 1.43. The monoisotopic (exact) mass is 297 g/mol. The summed E-state index contributed by atoms with van der Waals surface area (Å²) in [6.45, 7) is 5.83. The van der Waals surface area contributed by atoms with E-state index in [0.717, 1.165) is 25.4 Å². The zero-order valence-electron chi connectivity index (χ0n) is 12.2. The fourth-order valence-electron chi connectivity index (χ4n) is 2.35. The molecule has 0 saturated carbocycles. The molecule has 0 unspecified atom stereocenters. The lowest BCUT2D eigenvalue weighted by atomic mass is 9.94. The largest absolute Gasteiger partial charge is 0.360 e. The number of carbonyl (C=O) groups is 1. The van der Waals surface area contributed by atoms with Gasteiger partial charge in [-0.15, -0.1) is 10.2 Å². The molecule has 1 saturated heterocycles. The molecule has 0 spiro atoms. The van der Waals surface area contributed by atoms with E-state index in [2.05, 4.69) is 32.8 Å². The summed E-state index contributed by atoms with van der Waals surface area (Å²) in [4.78, 5) is 14.3. The Labute approximate surface area is 124 Å². The highest BCUT2D eigenvalue weighted by atomic mass is 32.1. The standard InChI is InChI=1S/C13H23N5OS/c1-3-14-13-17-16-12(20-13)11(19)15-7-4-10-5-8-18(2)9-6-10/h10H,3-9H2,1-2H3,(H,14,17)(H,15,19). The van der Waals surface area contributed by atoms with Crippen molar-refractivity contribution in [1.29, 1.82) is 0 Å². The van der Waals surface area contributed by atoms with E-state index in [-0.39, 0.29) is 5.91 Å². The molecular weight excluding hydrogens is 274 g/mol. The minimum absolute atomic E-state index is 0.111. The van der Waals surface area contributed by atoms with E-state index < -0.39 is 0 Å². The van der Waals surface area contributed by atoms with Gasteiger partial charge in [0.25, 0.3) is 5.91 Å². The van der Waals surface area contributed by atoms with Crippen LogP contribution in [-0.4, -0.2) is 54.2 Å². The summed E-state index contributed by atoms with van der Waals surface area (Å²) < 4.78 is 0. The SMILES string of the molecule is CCNc1nnc(C(=O)NCCC2CCN(C)CC2)s1. The molecule has 2 N–H and O–H groups in total. The lowest BCUT2D eigenvalue weighted by molar-refractivity contribution is 0.0948. The molecule has 0 aliphatic carbocycles. The summed E-state index contributed by atoms with van der Waals surface area (Å²) in [6.07, 6.45) is 3.52. The predicted molar refractivity (Wildman–Crippen MR) is 81.2 cm³/mol. The van der Waals surface area contributed by atoms with Crippen LogP contribution in [0.5, 0.6) is 0 Å². The van der Waals surface area contributed by atoms with E-state index in [9.17, 15) is 4.79 Å². The van der Waals surface area contributed by atoms with Gasteiger partial charge in [-0.05, 0) is 52.2 Å². The Morgan fingerprint density at radius 2 is 2.15 bits per heavy atom. The number of anilines is 1. The number of nitrogens with zero attached hydrogens (tertiary/aromatic N) is 3. The minimum atomic E-state index is -0.111. The zero-order valence-corrected chi connectivity index (χ0v) is 13.0. The van der Waals surface area contributed by atoms with Crippen molar-refractivity contribution in [2.75, 3.05) is 38.5 Å². The first-order chi connectivity index (χ1) is 9.69. The minimum Gasteiger partial charge on any atom is -0.360 e. The molecule has 1 fully saturated rings. The molecule has 6 nitrogen and oxygen atoms in total. The highest BCUT2D eigenvalue weighted by Crippen LogP contribution is 2.19. The molecule has 1 aliphatic rings. The second-order valence-corrected chi connectivity index (χ2v) is 6.21. The van der Waals surface area contributed by atoms with E-state index in [1.165, 1.54) is 37.3 Å². The maximum Gasteiger partial charge on any atom is 0.282 e. The highest BCUT2D eigenvalue weighted by molar-refractivity contribution is 7.17. The molecule has 2 rings (SSSR count). The van der Waals surface area contributed by atoms with Crippen molar-refractivity contribution in [2.24, 2.45) is 5.92 Å². The molecule has 0 bridgehead atoms. The zero-order chi connectivity index (χ0) is 14.4. The van der Waals surface area contributed by atoms with Crippen molar-refractivity contribution in [1.82, 2.24) is 20.4 Å². The maximum atomic E-state index is 11.9. The van der Waals surface area contributed by atoms with Gasteiger partial charge in [0.15, 0.2) is 0 Å². The third-order valence-electron chi connectivity index (χ3n) is 3.62. The van der Waals surface area contributed by atoms with Crippen LogP contribution < -0.4 is 10.6 Å². The first kappa shape index (κ1) is 15.2. The van der Waals surface area contributed by atoms with Crippen LogP contribution in [0.25, 0.3) is 0 Å². The summed E-state index contributed by atoms with van der Waals surface area (Å²) in [5, 5.41) is 15.0. The molecular formula is C13H23N5OS. The second-order valence-electron chi connectivity index (χ2n) is 5.23. The summed E-state index contributed by atoms with van der Waals surface area (Å²) >= 11 is 1.30. The Morgan fingerprint density at radius 3 is 2.85 bits per heavy atom. The third-order valence-corrected chi connectivity index (χ3v) is 4.50. The Balaban J connectivity index is 1.69. The van der Waals surface area contributed by atoms with Crippen LogP contribution >= 0.6 is 11.3 Å². The summed E-state index contributed by atoms with van der Waals surface area (Å²) in [7, 11) is 2.16. The second kappa shape index (κ2) is 7.54. The number of piperidine rings is 1. The number of hydrogen-bond acceptors (Lipinski definition) is 6. The Hall–Kier alpha value is -1.21. The van der Waals surface area contributed by atoms with Crippen LogP contribution in [-0.2, 0) is 0 Å². The van der Waals surface area contributed by atoms with Crippen molar-refractivity contribution in [2.45, 2.75) is 26.2 Å². The van der Waals surface area contributed by atoms with Crippen LogP contribution in [0.1, 0.15) is 36.0 Å². The van der Waals surface area contributed by atoms with Gasteiger partial charge in [0, 0.05) is 13.1 Å². The van der Waals surface area contributed by atoms with Gasteiger partial charge >= 0.3 is 0 Å². The van der Waals surface area contributed by atoms with Gasteiger partial charge in [0.2, 0.25) is 10.1 Å². The Kier molecular flexibility index (Phi) is 5.72. The molecule has 1 amide bonds. The molecule has 7 heteroatoms. The molecule has 1 aromatic heterocycles. The van der Waals surface area contributed by atoms with E-state index in [4.69, 9.17) is 0 Å². The number of likely N-dealkylation sites (tertiary alicyclic amines) is 1. The molecule has 1 aliphatic heterocycles. The lowest BCUT2D eigenvalue weighted by Gasteiger charge is -2.28. The van der Waals surface area contributed by atoms with Gasteiger partial charge in [0.1, 0.15) is 0 Å². The average molecular weight is 297 g/mol. The van der Waals surface area contributed by atoms with Crippen LogP contribution in [0, 0.1) is 5.92 Å². The summed E-state index contributed by atoms with van der Waals surface area (Å²) in [5.41, 5.74) is 0. The topological polar surface area (TPSA) is 70.1 Å². The summed E-state index contributed by atoms with van der Waals surface area (Å²) in [5.74, 6) is 0.623. The van der Waals surface area contributed by atoms with Crippen LogP contribution in [0.4, 0.5) is 5.13 Å². The quantitative estimate of drug-likeness (QED) is 0.831. The number of rotatable bonds is 6. The molecule has 20 heavy (non-hydrogen) atoms. The molecule has 2 heterocycles. The van der Waals surface area contributed by atoms with Crippen LogP contribution in [0.3, 0.4) is 0 Å². The van der Waals surface area contributed by atoms with Gasteiger partial charge < -0.3 is 15.5 Å². The van der Waals surface area contributed by atoms with Gasteiger partial charge in [-0.1, -0.05) is 11.3 Å². The number of aromatic nitrogens is 2. The Bertz CT molecular complexity index is 428. The van der Waals surface area contributed by atoms with Crippen molar-refractivity contribution < 1.29 is 4.79 Å². The first-order valence-electron chi connectivity index (χ1n) is 7.23. The van der Waals surface area contributed by atoms with Crippen LogP contribution in [0.15, 0.2) is 0 Å². The smallest absolute Gasteiger partial charge is 0.282 e. The molecule has 0 atom stereocenters. The lowest BCUT2D eigenvalue weighted by Crippen LogP contribution is -2.32. The molecule has 112 valence electrons. The Morgan fingerprint density at radius 1 is 1.40 bits per heavy atom. The van der Waals surface area contributed by atoms with Crippen molar-refractivity contribution >= 4 is 22.4 Å². The fourth-order valence-corrected chi connectivity index (χ4v) is 3.08. The molecule has 0 aromatic carbocycles.